The third-order valence-electron chi connectivity index (χ3n) is 3.22. The first-order valence-electron chi connectivity index (χ1n) is 5.22. The molecule has 0 heterocycles. The summed E-state index contributed by atoms with van der Waals surface area (Å²) in [4.78, 5) is 10.9. The Balaban J connectivity index is 2.21. The summed E-state index contributed by atoms with van der Waals surface area (Å²) in [5.74, 6) is -1.23. The van der Waals surface area contributed by atoms with Crippen LogP contribution in [0.3, 0.4) is 0 Å². The number of benzene rings is 1. The molecule has 3 nitrogen and oxygen atoms in total. The third kappa shape index (κ3) is 2.13. The Kier molecular flexibility index (Phi) is 3.04. The molecule has 1 fully saturated rings. The first kappa shape index (κ1) is 11.6. The Morgan fingerprint density at radius 3 is 2.50 bits per heavy atom. The normalized spacial score (nSPS) is 29.2. The Labute approximate surface area is 102 Å². The van der Waals surface area contributed by atoms with Crippen molar-refractivity contribution in [3.8, 4) is 0 Å². The summed E-state index contributed by atoms with van der Waals surface area (Å²) in [5, 5.41) is 19.3. The number of carboxylic acid groups (broad SMARTS) is 1. The largest absolute Gasteiger partial charge is 0.481 e. The predicted octanol–water partition coefficient (Wildman–Crippen LogP) is 2.52. The fraction of sp³-hybridized carbons (Fsp3) is 0.417. The van der Waals surface area contributed by atoms with Crippen LogP contribution in [-0.2, 0) is 10.4 Å². The van der Waals surface area contributed by atoms with E-state index in [1.807, 2.05) is 24.3 Å². The number of aliphatic hydroxyl groups is 1. The van der Waals surface area contributed by atoms with Crippen LogP contribution in [0.2, 0.25) is 0 Å². The van der Waals surface area contributed by atoms with Crippen LogP contribution in [0, 0.1) is 5.92 Å². The molecule has 0 aromatic heterocycles. The van der Waals surface area contributed by atoms with Crippen molar-refractivity contribution >= 4 is 21.9 Å². The molecule has 2 atom stereocenters. The molecule has 1 aliphatic rings. The molecule has 16 heavy (non-hydrogen) atoms. The second-order valence-corrected chi connectivity index (χ2v) is 5.23. The fourth-order valence-corrected chi connectivity index (χ4v) is 2.52. The topological polar surface area (TPSA) is 57.5 Å². The van der Waals surface area contributed by atoms with Crippen LogP contribution >= 0.6 is 15.9 Å². The molecule has 1 aromatic rings. The number of carbonyl (C=O) groups is 1. The summed E-state index contributed by atoms with van der Waals surface area (Å²) < 4.78 is 0.952. The maximum Gasteiger partial charge on any atom is 0.306 e. The van der Waals surface area contributed by atoms with Gasteiger partial charge in [0.1, 0.15) is 0 Å². The summed E-state index contributed by atoms with van der Waals surface area (Å²) in [7, 11) is 0. The van der Waals surface area contributed by atoms with Crippen LogP contribution in [0.4, 0.5) is 0 Å². The SMILES string of the molecule is O=C(O)[C@H]1CCC(O)(c2ccc(Br)cc2)C1. The van der Waals surface area contributed by atoms with Crippen molar-refractivity contribution in [1.29, 1.82) is 0 Å². The second kappa shape index (κ2) is 4.18. The van der Waals surface area contributed by atoms with E-state index in [4.69, 9.17) is 5.11 Å². The Morgan fingerprint density at radius 2 is 2.00 bits per heavy atom. The molecule has 1 aliphatic carbocycles. The van der Waals surface area contributed by atoms with Crippen LogP contribution in [0.5, 0.6) is 0 Å². The van der Waals surface area contributed by atoms with E-state index in [2.05, 4.69) is 15.9 Å². The maximum absolute atomic E-state index is 10.9. The molecule has 2 rings (SSSR count). The van der Waals surface area contributed by atoms with E-state index in [-0.39, 0.29) is 0 Å². The van der Waals surface area contributed by atoms with Gasteiger partial charge in [0.2, 0.25) is 0 Å². The molecule has 1 unspecified atom stereocenters. The second-order valence-electron chi connectivity index (χ2n) is 4.32. The van der Waals surface area contributed by atoms with Crippen LogP contribution in [0.15, 0.2) is 28.7 Å². The average molecular weight is 285 g/mol. The minimum absolute atomic E-state index is 0.309. The molecule has 0 bridgehead atoms. The van der Waals surface area contributed by atoms with Gasteiger partial charge in [0.15, 0.2) is 0 Å². The first-order chi connectivity index (χ1) is 7.51. The molecule has 1 saturated carbocycles. The molecule has 4 heteroatoms. The highest BCUT2D eigenvalue weighted by Gasteiger charge is 2.41. The fourth-order valence-electron chi connectivity index (χ4n) is 2.26. The number of hydrogen-bond acceptors (Lipinski definition) is 2. The zero-order chi connectivity index (χ0) is 11.8. The zero-order valence-electron chi connectivity index (χ0n) is 8.69. The predicted molar refractivity (Wildman–Crippen MR) is 63.0 cm³/mol. The Hall–Kier alpha value is -0.870. The molecule has 1 aromatic carbocycles. The van der Waals surface area contributed by atoms with Gasteiger partial charge in [-0.3, -0.25) is 4.79 Å². The van der Waals surface area contributed by atoms with Gasteiger partial charge in [-0.25, -0.2) is 0 Å². The van der Waals surface area contributed by atoms with Gasteiger partial charge in [-0.05, 0) is 37.0 Å². The quantitative estimate of drug-likeness (QED) is 0.877. The maximum atomic E-state index is 10.9. The number of rotatable bonds is 2. The smallest absolute Gasteiger partial charge is 0.306 e. The van der Waals surface area contributed by atoms with Gasteiger partial charge in [-0.1, -0.05) is 28.1 Å². The summed E-state index contributed by atoms with van der Waals surface area (Å²) in [6.07, 6.45) is 1.37. The van der Waals surface area contributed by atoms with E-state index < -0.39 is 17.5 Å². The summed E-state index contributed by atoms with van der Waals surface area (Å²) in [5.41, 5.74) is -0.163. The van der Waals surface area contributed by atoms with Gasteiger partial charge in [-0.2, -0.15) is 0 Å². The lowest BCUT2D eigenvalue weighted by Crippen LogP contribution is -2.23. The van der Waals surface area contributed by atoms with Crippen molar-refractivity contribution in [3.63, 3.8) is 0 Å². The highest BCUT2D eigenvalue weighted by molar-refractivity contribution is 9.10. The van der Waals surface area contributed by atoms with Gasteiger partial charge in [-0.15, -0.1) is 0 Å². The number of hydrogen-bond donors (Lipinski definition) is 2. The highest BCUT2D eigenvalue weighted by Crippen LogP contribution is 2.42. The van der Waals surface area contributed by atoms with E-state index in [0.29, 0.717) is 19.3 Å². The van der Waals surface area contributed by atoms with Crippen molar-refractivity contribution in [2.75, 3.05) is 0 Å². The number of halogens is 1. The van der Waals surface area contributed by atoms with Gasteiger partial charge in [0, 0.05) is 4.47 Å². The van der Waals surface area contributed by atoms with Gasteiger partial charge < -0.3 is 10.2 Å². The van der Waals surface area contributed by atoms with Crippen molar-refractivity contribution in [2.24, 2.45) is 5.92 Å². The zero-order valence-corrected chi connectivity index (χ0v) is 10.3. The van der Waals surface area contributed by atoms with Crippen molar-refractivity contribution < 1.29 is 15.0 Å². The van der Waals surface area contributed by atoms with Crippen LogP contribution in [0.1, 0.15) is 24.8 Å². The van der Waals surface area contributed by atoms with E-state index in [1.54, 1.807) is 0 Å². The lowest BCUT2D eigenvalue weighted by Gasteiger charge is -2.23. The van der Waals surface area contributed by atoms with Crippen molar-refractivity contribution in [3.05, 3.63) is 34.3 Å². The standard InChI is InChI=1S/C12H13BrO3/c13-10-3-1-9(2-4-10)12(16)6-5-8(7-12)11(14)15/h1-4,8,16H,5-7H2,(H,14,15)/t8-,12?/m0/s1. The Morgan fingerprint density at radius 1 is 1.38 bits per heavy atom. The molecular weight excluding hydrogens is 272 g/mol. The molecule has 0 aliphatic heterocycles. The van der Waals surface area contributed by atoms with Gasteiger partial charge in [0.05, 0.1) is 11.5 Å². The lowest BCUT2D eigenvalue weighted by atomic mass is 9.91. The van der Waals surface area contributed by atoms with E-state index in [1.165, 1.54) is 0 Å². The molecule has 2 N–H and O–H groups in total. The van der Waals surface area contributed by atoms with E-state index >= 15 is 0 Å². The number of aliphatic carboxylic acids is 1. The minimum Gasteiger partial charge on any atom is -0.481 e. The van der Waals surface area contributed by atoms with Gasteiger partial charge in [0.25, 0.3) is 0 Å². The van der Waals surface area contributed by atoms with Crippen molar-refractivity contribution in [1.82, 2.24) is 0 Å². The van der Waals surface area contributed by atoms with E-state index in [0.717, 1.165) is 10.0 Å². The summed E-state index contributed by atoms with van der Waals surface area (Å²) in [6, 6.07) is 7.41. The number of carboxylic acids is 1. The van der Waals surface area contributed by atoms with Crippen molar-refractivity contribution in [2.45, 2.75) is 24.9 Å². The summed E-state index contributed by atoms with van der Waals surface area (Å²) in [6.45, 7) is 0. The molecular formula is C12H13BrO3. The molecule has 0 amide bonds. The molecule has 0 spiro atoms. The van der Waals surface area contributed by atoms with Crippen LogP contribution in [0.25, 0.3) is 0 Å². The van der Waals surface area contributed by atoms with E-state index in [9.17, 15) is 9.90 Å². The molecule has 86 valence electrons. The van der Waals surface area contributed by atoms with Crippen LogP contribution < -0.4 is 0 Å². The lowest BCUT2D eigenvalue weighted by molar-refractivity contribution is -0.142. The average Bonchev–Trinajstić information content (AvgIpc) is 2.63. The van der Waals surface area contributed by atoms with Crippen LogP contribution in [-0.4, -0.2) is 16.2 Å². The third-order valence-corrected chi connectivity index (χ3v) is 3.75. The molecule has 0 saturated heterocycles. The molecule has 0 radical (unpaired) electrons. The van der Waals surface area contributed by atoms with Gasteiger partial charge >= 0.3 is 5.97 Å². The minimum atomic E-state index is -0.968. The first-order valence-corrected chi connectivity index (χ1v) is 6.02. The highest BCUT2D eigenvalue weighted by atomic mass is 79.9. The Bertz CT molecular complexity index is 401. The summed E-state index contributed by atoms with van der Waals surface area (Å²) >= 11 is 3.33. The monoisotopic (exact) mass is 284 g/mol.